The average molecular weight is 338 g/mol. The molecule has 0 aromatic heterocycles. The highest BCUT2D eigenvalue weighted by Crippen LogP contribution is 2.28. The number of allylic oxidation sites excluding steroid dienone is 1. The van der Waals surface area contributed by atoms with E-state index in [-0.39, 0.29) is 5.91 Å². The summed E-state index contributed by atoms with van der Waals surface area (Å²) in [5, 5.41) is 5.61. The van der Waals surface area contributed by atoms with Gasteiger partial charge in [-0.1, -0.05) is 30.3 Å². The molecule has 128 valence electrons. The van der Waals surface area contributed by atoms with Gasteiger partial charge in [-0.05, 0) is 30.2 Å². The van der Waals surface area contributed by atoms with Gasteiger partial charge >= 0.3 is 0 Å². The Labute approximate surface area is 145 Å². The Bertz CT molecular complexity index is 860. The first-order chi connectivity index (χ1) is 12.1. The monoisotopic (exact) mass is 338 g/mol. The van der Waals surface area contributed by atoms with E-state index in [1.807, 2.05) is 13.0 Å². The van der Waals surface area contributed by atoms with Crippen molar-refractivity contribution in [1.82, 2.24) is 10.6 Å². The molecule has 4 N–H and O–H groups in total. The molecular weight excluding hydrogens is 319 g/mol. The van der Waals surface area contributed by atoms with Crippen molar-refractivity contribution in [2.24, 2.45) is 10.7 Å². The van der Waals surface area contributed by atoms with Crippen LogP contribution in [-0.4, -0.2) is 25.0 Å². The van der Waals surface area contributed by atoms with Crippen molar-refractivity contribution >= 4 is 17.7 Å². The summed E-state index contributed by atoms with van der Waals surface area (Å²) < 4.78 is 14.6. The second-order valence-electron chi connectivity index (χ2n) is 5.59. The van der Waals surface area contributed by atoms with E-state index in [2.05, 4.69) is 15.6 Å². The molecule has 1 atom stereocenters. The fraction of sp³-hybridized carbons (Fsp3) is 0.158. The summed E-state index contributed by atoms with van der Waals surface area (Å²) >= 11 is 0. The number of nitrogens with two attached hydrogens (primary N) is 1. The predicted octanol–water partition coefficient (Wildman–Crippen LogP) is 2.50. The smallest absolute Gasteiger partial charge is 0.251 e. The maximum atomic E-state index is 14.6. The summed E-state index contributed by atoms with van der Waals surface area (Å²) in [7, 11) is 0. The fourth-order valence-electron chi connectivity index (χ4n) is 2.67. The molecule has 3 rings (SSSR count). The van der Waals surface area contributed by atoms with Crippen LogP contribution < -0.4 is 16.4 Å². The molecule has 0 aliphatic carbocycles. The van der Waals surface area contributed by atoms with E-state index in [0.29, 0.717) is 34.4 Å². The standard InChI is InChI=1S/C19H19FN4O/c1-2-22-18(25)16-6-4-3-5-14(16)12-7-8-15(17(20)9-12)13-10-23-19(21)24-11-13/h3-11,19,23H,2,21H2,1H3,(H,22,25). The normalized spacial score (nSPS) is 16.1. The molecular formula is C19H19FN4O. The molecule has 6 heteroatoms. The Morgan fingerprint density at radius 2 is 2.08 bits per heavy atom. The van der Waals surface area contributed by atoms with Gasteiger partial charge in [0.15, 0.2) is 6.29 Å². The van der Waals surface area contributed by atoms with Gasteiger partial charge in [-0.3, -0.25) is 15.5 Å². The summed E-state index contributed by atoms with van der Waals surface area (Å²) in [6.07, 6.45) is 2.68. The number of hydrogen-bond acceptors (Lipinski definition) is 4. The van der Waals surface area contributed by atoms with Gasteiger partial charge < -0.3 is 10.6 Å². The molecule has 0 fully saturated rings. The highest BCUT2D eigenvalue weighted by Gasteiger charge is 2.15. The molecule has 1 unspecified atom stereocenters. The first-order valence-electron chi connectivity index (χ1n) is 8.02. The minimum Gasteiger partial charge on any atom is -0.357 e. The SMILES string of the molecule is CCNC(=O)c1ccccc1-c1ccc(C2=CNC(N)N=C2)c(F)c1. The van der Waals surface area contributed by atoms with E-state index in [4.69, 9.17) is 5.73 Å². The zero-order valence-electron chi connectivity index (χ0n) is 13.8. The molecule has 0 saturated carbocycles. The highest BCUT2D eigenvalue weighted by molar-refractivity contribution is 6.10. The molecule has 0 radical (unpaired) electrons. The quantitative estimate of drug-likeness (QED) is 0.801. The number of carbonyl (C=O) groups excluding carboxylic acids is 1. The molecule has 25 heavy (non-hydrogen) atoms. The Hall–Kier alpha value is -2.99. The summed E-state index contributed by atoms with van der Waals surface area (Å²) in [5.41, 5.74) is 8.47. The first-order valence-corrected chi connectivity index (χ1v) is 8.02. The van der Waals surface area contributed by atoms with Gasteiger partial charge in [0.25, 0.3) is 5.91 Å². The van der Waals surface area contributed by atoms with Gasteiger partial charge in [0.2, 0.25) is 0 Å². The maximum absolute atomic E-state index is 14.6. The van der Waals surface area contributed by atoms with Crippen LogP contribution in [0.1, 0.15) is 22.8 Å². The molecule has 2 aromatic rings. The van der Waals surface area contributed by atoms with E-state index in [1.54, 1.807) is 42.7 Å². The molecule has 1 aliphatic rings. The van der Waals surface area contributed by atoms with Gasteiger partial charge in [-0.2, -0.15) is 0 Å². The number of rotatable bonds is 4. The van der Waals surface area contributed by atoms with Gasteiger partial charge in [0.1, 0.15) is 5.82 Å². The van der Waals surface area contributed by atoms with E-state index < -0.39 is 12.1 Å². The molecule has 2 aromatic carbocycles. The number of nitrogens with one attached hydrogen (secondary N) is 2. The van der Waals surface area contributed by atoms with Crippen molar-refractivity contribution in [2.75, 3.05) is 6.54 Å². The second kappa shape index (κ2) is 7.27. The third kappa shape index (κ3) is 3.59. The third-order valence-electron chi connectivity index (χ3n) is 3.88. The van der Waals surface area contributed by atoms with E-state index in [1.165, 1.54) is 6.07 Å². The van der Waals surface area contributed by atoms with Crippen molar-refractivity contribution in [3.8, 4) is 11.1 Å². The van der Waals surface area contributed by atoms with Gasteiger partial charge in [-0.25, -0.2) is 4.39 Å². The molecule has 1 aliphatic heterocycles. The number of carbonyl (C=O) groups is 1. The predicted molar refractivity (Wildman–Crippen MR) is 97.4 cm³/mol. The van der Waals surface area contributed by atoms with E-state index >= 15 is 0 Å². The summed E-state index contributed by atoms with van der Waals surface area (Å²) in [4.78, 5) is 16.2. The Balaban J connectivity index is 1.97. The Morgan fingerprint density at radius 3 is 2.76 bits per heavy atom. The van der Waals surface area contributed by atoms with E-state index in [0.717, 1.165) is 0 Å². The van der Waals surface area contributed by atoms with E-state index in [9.17, 15) is 9.18 Å². The average Bonchev–Trinajstić information content (AvgIpc) is 2.63. The van der Waals surface area contributed by atoms with Crippen molar-refractivity contribution in [1.29, 1.82) is 0 Å². The fourth-order valence-corrected chi connectivity index (χ4v) is 2.67. The van der Waals surface area contributed by atoms with Crippen molar-refractivity contribution < 1.29 is 9.18 Å². The zero-order chi connectivity index (χ0) is 17.8. The lowest BCUT2D eigenvalue weighted by atomic mass is 9.96. The number of aliphatic imine (C=N–C) groups is 1. The number of nitrogens with zero attached hydrogens (tertiary/aromatic N) is 1. The van der Waals surface area contributed by atoms with Crippen LogP contribution in [0.15, 0.2) is 53.7 Å². The molecule has 1 amide bonds. The Morgan fingerprint density at radius 1 is 1.28 bits per heavy atom. The summed E-state index contributed by atoms with van der Waals surface area (Å²) in [5.74, 6) is -0.568. The summed E-state index contributed by atoms with van der Waals surface area (Å²) in [6.45, 7) is 2.39. The number of amides is 1. The molecule has 0 bridgehead atoms. The second-order valence-corrected chi connectivity index (χ2v) is 5.59. The van der Waals surface area contributed by atoms with Crippen LogP contribution >= 0.6 is 0 Å². The maximum Gasteiger partial charge on any atom is 0.251 e. The lowest BCUT2D eigenvalue weighted by molar-refractivity contribution is 0.0956. The number of benzene rings is 2. The van der Waals surface area contributed by atoms with Crippen LogP contribution in [0.5, 0.6) is 0 Å². The van der Waals surface area contributed by atoms with Gasteiger partial charge in [-0.15, -0.1) is 0 Å². The highest BCUT2D eigenvalue weighted by atomic mass is 19.1. The topological polar surface area (TPSA) is 79.5 Å². The lowest BCUT2D eigenvalue weighted by Crippen LogP contribution is -2.34. The van der Waals surface area contributed by atoms with Gasteiger partial charge in [0, 0.05) is 35.7 Å². The number of hydrogen-bond donors (Lipinski definition) is 3. The molecule has 0 saturated heterocycles. The van der Waals surface area contributed by atoms with Crippen LogP contribution in [0.25, 0.3) is 16.7 Å². The molecule has 0 spiro atoms. The Kier molecular flexibility index (Phi) is 4.90. The minimum atomic E-state index is -0.505. The van der Waals surface area contributed by atoms with Crippen molar-refractivity contribution in [3.63, 3.8) is 0 Å². The summed E-state index contributed by atoms with van der Waals surface area (Å²) in [6, 6.07) is 12.0. The van der Waals surface area contributed by atoms with Crippen molar-refractivity contribution in [2.45, 2.75) is 13.2 Å². The molecule has 1 heterocycles. The minimum absolute atomic E-state index is 0.178. The first kappa shape index (κ1) is 16.9. The largest absolute Gasteiger partial charge is 0.357 e. The number of halogens is 1. The van der Waals surface area contributed by atoms with Crippen LogP contribution in [0.2, 0.25) is 0 Å². The van der Waals surface area contributed by atoms with Crippen LogP contribution in [0, 0.1) is 5.82 Å². The van der Waals surface area contributed by atoms with Crippen LogP contribution in [0.4, 0.5) is 4.39 Å². The zero-order valence-corrected chi connectivity index (χ0v) is 13.8. The lowest BCUT2D eigenvalue weighted by Gasteiger charge is -2.15. The van der Waals surface area contributed by atoms with Crippen molar-refractivity contribution in [3.05, 3.63) is 65.6 Å². The molecule has 5 nitrogen and oxygen atoms in total. The van der Waals surface area contributed by atoms with Gasteiger partial charge in [0.05, 0.1) is 0 Å². The third-order valence-corrected chi connectivity index (χ3v) is 3.88. The van der Waals surface area contributed by atoms with Crippen LogP contribution in [-0.2, 0) is 0 Å². The van der Waals surface area contributed by atoms with Crippen LogP contribution in [0.3, 0.4) is 0 Å².